The minimum absolute atomic E-state index is 0.0593. The molecule has 0 saturated carbocycles. The van der Waals surface area contributed by atoms with Crippen LogP contribution in [0.4, 0.5) is 0 Å². The van der Waals surface area contributed by atoms with Gasteiger partial charge in [-0.25, -0.2) is 4.57 Å². The number of esters is 1. The van der Waals surface area contributed by atoms with Crippen LogP contribution in [0.25, 0.3) is 0 Å². The number of rotatable bonds is 42. The molecule has 2 atom stereocenters. The summed E-state index contributed by atoms with van der Waals surface area (Å²) in [6, 6.07) is 0. The first-order valence-corrected chi connectivity index (χ1v) is 24.7. The number of carbonyl (C=O) groups excluding carboxylic acids is 2. The van der Waals surface area contributed by atoms with E-state index in [1.807, 2.05) is 0 Å². The lowest BCUT2D eigenvalue weighted by molar-refractivity contribution is -0.147. The Labute approximate surface area is 365 Å². The Bertz CT molecular complexity index is 1300. The van der Waals surface area contributed by atoms with Crippen LogP contribution in [0.5, 0.6) is 0 Å². The monoisotopic (exact) mass is 858 g/mol. The highest BCUT2D eigenvalue weighted by Gasteiger charge is 2.23. The third-order valence-corrected chi connectivity index (χ3v) is 10.2. The molecule has 0 radical (unpaired) electrons. The van der Waals surface area contributed by atoms with Crippen molar-refractivity contribution >= 4 is 19.7 Å². The van der Waals surface area contributed by atoms with E-state index in [0.717, 1.165) is 109 Å². The molecule has 0 aromatic rings. The topological polar surface area (TPSA) is 131 Å². The number of unbranched alkanes of at least 4 members (excludes halogenated alkanes) is 13. The number of nitrogens with one attached hydrogen (secondary N) is 1. The summed E-state index contributed by atoms with van der Waals surface area (Å²) in [6.07, 6.45) is 59.1. The van der Waals surface area contributed by atoms with Gasteiger partial charge < -0.3 is 20.1 Å². The van der Waals surface area contributed by atoms with E-state index in [4.69, 9.17) is 13.8 Å². The van der Waals surface area contributed by atoms with E-state index in [1.54, 1.807) is 0 Å². The van der Waals surface area contributed by atoms with Crippen LogP contribution in [0, 0.1) is 0 Å². The number of carbonyl (C=O) groups is 2. The number of phosphoric acid groups is 1. The van der Waals surface area contributed by atoms with Crippen molar-refractivity contribution in [3.05, 3.63) is 97.2 Å². The Morgan fingerprint density at radius 3 is 1.43 bits per heavy atom. The molecule has 60 heavy (non-hydrogen) atoms. The largest absolute Gasteiger partial charge is 0.472 e. The molecule has 0 aliphatic heterocycles. The molecule has 0 aromatic heterocycles. The summed E-state index contributed by atoms with van der Waals surface area (Å²) >= 11 is 0. The molecule has 3 N–H and O–H groups in total. The quantitative estimate of drug-likeness (QED) is 0.0239. The molecule has 0 aliphatic carbocycles. The van der Waals surface area contributed by atoms with Gasteiger partial charge in [-0.2, -0.15) is 0 Å². The molecule has 0 heterocycles. The van der Waals surface area contributed by atoms with Crippen LogP contribution in [0.3, 0.4) is 0 Å². The van der Waals surface area contributed by atoms with Crippen LogP contribution < -0.4 is 5.32 Å². The Hall–Kier alpha value is -3.07. The van der Waals surface area contributed by atoms with Crippen molar-refractivity contribution in [2.24, 2.45) is 0 Å². The summed E-state index contributed by atoms with van der Waals surface area (Å²) < 4.78 is 26.9. The third kappa shape index (κ3) is 46.0. The second-order valence-electron chi connectivity index (χ2n) is 15.0. The van der Waals surface area contributed by atoms with Gasteiger partial charge in [-0.05, 0) is 96.3 Å². The summed E-state index contributed by atoms with van der Waals surface area (Å²) in [4.78, 5) is 34.0. The molecule has 0 spiro atoms. The summed E-state index contributed by atoms with van der Waals surface area (Å²) in [5.41, 5.74) is 0. The van der Waals surface area contributed by atoms with Crippen LogP contribution in [0.2, 0.25) is 0 Å². The van der Waals surface area contributed by atoms with Crippen molar-refractivity contribution in [1.82, 2.24) is 5.32 Å². The Morgan fingerprint density at radius 1 is 0.533 bits per heavy atom. The number of allylic oxidation sites excluding steroid dienone is 16. The second kappa shape index (κ2) is 45.5. The van der Waals surface area contributed by atoms with Crippen LogP contribution in [-0.4, -0.2) is 54.3 Å². The average molecular weight is 858 g/mol. The average Bonchev–Trinajstić information content (AvgIpc) is 3.23. The maximum absolute atomic E-state index is 12.1. The van der Waals surface area contributed by atoms with Crippen molar-refractivity contribution in [2.45, 2.75) is 180 Å². The van der Waals surface area contributed by atoms with E-state index in [2.05, 4.69) is 116 Å². The lowest BCUT2D eigenvalue weighted by Crippen LogP contribution is -2.27. The Morgan fingerprint density at radius 2 is 0.950 bits per heavy atom. The van der Waals surface area contributed by atoms with Gasteiger partial charge in [0.25, 0.3) is 0 Å². The number of hydrogen-bond donors (Lipinski definition) is 3. The third-order valence-electron chi connectivity index (χ3n) is 9.25. The van der Waals surface area contributed by atoms with E-state index in [9.17, 15) is 24.2 Å². The lowest BCUT2D eigenvalue weighted by atomic mass is 10.1. The molecular formula is C50H84NO8P. The zero-order valence-electron chi connectivity index (χ0n) is 37.6. The number of aliphatic hydroxyl groups excluding tert-OH is 1. The fraction of sp³-hybridized carbons (Fsp3) is 0.640. The molecular weight excluding hydrogens is 774 g/mol. The van der Waals surface area contributed by atoms with Gasteiger partial charge in [-0.1, -0.05) is 162 Å². The zero-order valence-corrected chi connectivity index (χ0v) is 38.5. The summed E-state index contributed by atoms with van der Waals surface area (Å²) in [7, 11) is -4.44. The fourth-order valence-electron chi connectivity index (χ4n) is 5.77. The molecule has 0 bridgehead atoms. The molecule has 0 rings (SSSR count). The standard InChI is InChI=1S/C50H84NO8P/c1-3-5-7-9-11-13-15-17-19-21-22-23-24-25-26-27-28-30-32-34-36-38-40-42-49(53)51-44-45-58-60(55,56)59-47-48(52)46-57-50(54)43-41-39-37-35-33-31-29-20-18-16-14-12-10-8-6-4-2/h5,7,11,13-14,16-17,19-20,22-23,25-26,28-30,48,52H,3-4,6,8-10,12,15,18,21,24,27,31-47H2,1-2H3,(H,51,53)(H,55,56)/b7-5-,13-11-,16-14-,19-17-,23-22-,26-25-,29-20-,30-28-. The maximum atomic E-state index is 12.1. The predicted octanol–water partition coefficient (Wildman–Crippen LogP) is 13.4. The molecule has 1 amide bonds. The highest BCUT2D eigenvalue weighted by Crippen LogP contribution is 2.42. The smallest absolute Gasteiger partial charge is 0.463 e. The normalized spacial score (nSPS) is 14.1. The van der Waals surface area contributed by atoms with E-state index in [1.165, 1.54) is 32.1 Å². The fourth-order valence-corrected chi connectivity index (χ4v) is 6.52. The number of ether oxygens (including phenoxy) is 1. The van der Waals surface area contributed by atoms with Gasteiger partial charge in [0.05, 0.1) is 13.2 Å². The summed E-state index contributed by atoms with van der Waals surface area (Å²) in [5, 5.41) is 12.7. The van der Waals surface area contributed by atoms with Gasteiger partial charge in [0.2, 0.25) is 5.91 Å². The van der Waals surface area contributed by atoms with Gasteiger partial charge in [0.15, 0.2) is 0 Å². The van der Waals surface area contributed by atoms with Crippen molar-refractivity contribution in [3.63, 3.8) is 0 Å². The first kappa shape index (κ1) is 56.9. The van der Waals surface area contributed by atoms with E-state index in [-0.39, 0.29) is 32.1 Å². The Kier molecular flexibility index (Phi) is 43.1. The molecule has 10 heteroatoms. The van der Waals surface area contributed by atoms with Crippen LogP contribution in [0.1, 0.15) is 174 Å². The molecule has 2 unspecified atom stereocenters. The van der Waals surface area contributed by atoms with Crippen molar-refractivity contribution in [2.75, 3.05) is 26.4 Å². The number of aliphatic hydroxyl groups is 1. The maximum Gasteiger partial charge on any atom is 0.472 e. The van der Waals surface area contributed by atoms with Crippen molar-refractivity contribution in [1.29, 1.82) is 0 Å². The SMILES string of the molecule is CC/C=C\C/C=C\C/C=C\C/C=C\C/C=C\C/C=C\CCCCCCC(=O)NCCOP(=O)(O)OCC(O)COC(=O)CCCCCCC/C=C\C/C=C\CCCCCC. The molecule has 9 nitrogen and oxygen atoms in total. The van der Waals surface area contributed by atoms with Crippen LogP contribution in [-0.2, 0) is 27.9 Å². The van der Waals surface area contributed by atoms with E-state index < -0.39 is 26.5 Å². The Balaban J connectivity index is 3.69. The molecule has 0 aliphatic rings. The first-order valence-electron chi connectivity index (χ1n) is 23.2. The summed E-state index contributed by atoms with van der Waals surface area (Å²) in [6.45, 7) is 3.36. The van der Waals surface area contributed by atoms with Gasteiger partial charge in [-0.3, -0.25) is 18.6 Å². The van der Waals surface area contributed by atoms with E-state index >= 15 is 0 Å². The van der Waals surface area contributed by atoms with Gasteiger partial charge in [0.1, 0.15) is 12.7 Å². The second-order valence-corrected chi connectivity index (χ2v) is 16.4. The van der Waals surface area contributed by atoms with Gasteiger partial charge in [0, 0.05) is 19.4 Å². The minimum atomic E-state index is -4.44. The highest BCUT2D eigenvalue weighted by atomic mass is 31.2. The summed E-state index contributed by atoms with van der Waals surface area (Å²) in [5.74, 6) is -0.563. The molecule has 0 fully saturated rings. The van der Waals surface area contributed by atoms with Crippen LogP contribution >= 0.6 is 7.82 Å². The zero-order chi connectivity index (χ0) is 43.9. The lowest BCUT2D eigenvalue weighted by Gasteiger charge is -2.15. The van der Waals surface area contributed by atoms with Crippen molar-refractivity contribution in [3.8, 4) is 0 Å². The molecule has 0 saturated heterocycles. The number of amides is 1. The highest BCUT2D eigenvalue weighted by molar-refractivity contribution is 7.47. The predicted molar refractivity (Wildman–Crippen MR) is 252 cm³/mol. The van der Waals surface area contributed by atoms with E-state index in [0.29, 0.717) is 12.8 Å². The first-order chi connectivity index (χ1) is 29.3. The molecule has 342 valence electrons. The van der Waals surface area contributed by atoms with Gasteiger partial charge >= 0.3 is 13.8 Å². The number of phosphoric ester groups is 1. The minimum Gasteiger partial charge on any atom is -0.463 e. The van der Waals surface area contributed by atoms with Crippen molar-refractivity contribution < 1.29 is 37.9 Å². The molecule has 0 aromatic carbocycles. The van der Waals surface area contributed by atoms with Gasteiger partial charge in [-0.15, -0.1) is 0 Å². The number of hydrogen-bond acceptors (Lipinski definition) is 7. The van der Waals surface area contributed by atoms with Crippen LogP contribution in [0.15, 0.2) is 97.2 Å².